The Morgan fingerprint density at radius 1 is 1.17 bits per heavy atom. The monoisotopic (exact) mass is 591 g/mol. The summed E-state index contributed by atoms with van der Waals surface area (Å²) in [6, 6.07) is 11.8. The van der Waals surface area contributed by atoms with Crippen LogP contribution in [0.4, 0.5) is 16.2 Å². The summed E-state index contributed by atoms with van der Waals surface area (Å²) in [4.78, 5) is 40.9. The number of allylic oxidation sites excluding steroid dienone is 1. The Hall–Kier alpha value is -4.35. The Morgan fingerprint density at radius 3 is 2.66 bits per heavy atom. The molecule has 0 aliphatic rings. The quantitative estimate of drug-likeness (QED) is 0.113. The highest BCUT2D eigenvalue weighted by Gasteiger charge is 2.17. The number of amidine groups is 1. The number of carbonyl (C=O) groups is 1. The Labute approximate surface area is 246 Å². The number of anilines is 1. The van der Waals surface area contributed by atoms with E-state index in [0.717, 1.165) is 10.5 Å². The molecule has 4 aromatic rings. The van der Waals surface area contributed by atoms with E-state index in [0.29, 0.717) is 44.8 Å². The molecule has 0 atom stereocenters. The van der Waals surface area contributed by atoms with Gasteiger partial charge < -0.3 is 20.8 Å². The number of H-pyrrole nitrogens is 1. The molecule has 2 aromatic carbocycles. The van der Waals surface area contributed by atoms with Gasteiger partial charge in [-0.25, -0.2) is 19.8 Å². The number of aryl methyl sites for hydroxylation is 1. The van der Waals surface area contributed by atoms with Gasteiger partial charge in [-0.2, -0.15) is 0 Å². The SMILES string of the molecule is CSc1cc(Oc2ccnc3[nH]c(=O)cnc23)ccc1NC(=O)NC(/C=C(\N)C(C)(C)C)=Nc1ccc(C)c(Cl)c1. The van der Waals surface area contributed by atoms with Crippen molar-refractivity contribution in [3.05, 3.63) is 87.6 Å². The minimum absolute atomic E-state index is 0.260. The number of benzene rings is 2. The summed E-state index contributed by atoms with van der Waals surface area (Å²) in [5.41, 5.74) is 8.95. The molecule has 2 amide bonds. The van der Waals surface area contributed by atoms with E-state index in [1.807, 2.05) is 46.1 Å². The number of fused-ring (bicyclic) bond motifs is 1. The number of nitrogens with two attached hydrogens (primary N) is 1. The number of rotatable bonds is 6. The van der Waals surface area contributed by atoms with E-state index in [1.165, 1.54) is 24.2 Å². The average Bonchev–Trinajstić information content (AvgIpc) is 2.91. The third kappa shape index (κ3) is 7.65. The van der Waals surface area contributed by atoms with Crippen molar-refractivity contribution in [1.82, 2.24) is 20.3 Å². The summed E-state index contributed by atoms with van der Waals surface area (Å²) in [6.07, 6.45) is 6.22. The molecular weight excluding hydrogens is 562 g/mol. The number of halogens is 1. The van der Waals surface area contributed by atoms with Gasteiger partial charge in [0.05, 0.1) is 17.6 Å². The topological polar surface area (TPSA) is 147 Å². The molecule has 10 nitrogen and oxygen atoms in total. The first-order chi connectivity index (χ1) is 19.4. The molecule has 2 heterocycles. The van der Waals surface area contributed by atoms with Crippen LogP contribution in [0.3, 0.4) is 0 Å². The van der Waals surface area contributed by atoms with Crippen LogP contribution in [-0.2, 0) is 0 Å². The van der Waals surface area contributed by atoms with Crippen molar-refractivity contribution in [2.45, 2.75) is 32.6 Å². The van der Waals surface area contributed by atoms with Crippen LogP contribution >= 0.6 is 23.4 Å². The molecule has 12 heteroatoms. The van der Waals surface area contributed by atoms with E-state index in [4.69, 9.17) is 22.1 Å². The number of aliphatic imine (C=N–C) groups is 1. The second-order valence-corrected chi connectivity index (χ2v) is 11.3. The van der Waals surface area contributed by atoms with Gasteiger partial charge in [0.2, 0.25) is 0 Å². The molecule has 41 heavy (non-hydrogen) atoms. The summed E-state index contributed by atoms with van der Waals surface area (Å²) in [6.45, 7) is 7.81. The number of hydrogen-bond donors (Lipinski definition) is 4. The molecule has 4 rings (SSSR count). The smallest absolute Gasteiger partial charge is 0.324 e. The molecule has 2 aromatic heterocycles. The highest BCUT2D eigenvalue weighted by atomic mass is 35.5. The molecule has 0 fully saturated rings. The maximum Gasteiger partial charge on any atom is 0.324 e. The Bertz CT molecular complexity index is 1730. The van der Waals surface area contributed by atoms with Gasteiger partial charge >= 0.3 is 6.03 Å². The lowest BCUT2D eigenvalue weighted by molar-refractivity contribution is 0.256. The fourth-order valence-electron chi connectivity index (χ4n) is 3.49. The van der Waals surface area contributed by atoms with Crippen LogP contribution in [0.2, 0.25) is 5.02 Å². The predicted octanol–water partition coefficient (Wildman–Crippen LogP) is 6.53. The zero-order valence-electron chi connectivity index (χ0n) is 23.2. The maximum absolute atomic E-state index is 13.1. The summed E-state index contributed by atoms with van der Waals surface area (Å²) in [5, 5.41) is 6.24. The number of aromatic nitrogens is 3. The number of carbonyl (C=O) groups excluding carboxylic acids is 1. The lowest BCUT2D eigenvalue weighted by Crippen LogP contribution is -2.34. The largest absolute Gasteiger partial charge is 0.455 e. The second-order valence-electron chi connectivity index (χ2n) is 10.1. The molecule has 0 aliphatic heterocycles. The first-order valence-electron chi connectivity index (χ1n) is 12.5. The number of nitrogens with one attached hydrogen (secondary N) is 3. The number of amides is 2. The minimum atomic E-state index is -0.503. The molecule has 0 bridgehead atoms. The minimum Gasteiger partial charge on any atom is -0.455 e. The van der Waals surface area contributed by atoms with Crippen molar-refractivity contribution in [1.29, 1.82) is 0 Å². The lowest BCUT2D eigenvalue weighted by Gasteiger charge is -2.19. The summed E-state index contributed by atoms with van der Waals surface area (Å²) < 4.78 is 6.04. The molecule has 5 N–H and O–H groups in total. The number of pyridine rings is 1. The van der Waals surface area contributed by atoms with Gasteiger partial charge in [0, 0.05) is 39.4 Å². The van der Waals surface area contributed by atoms with E-state index in [-0.39, 0.29) is 16.8 Å². The van der Waals surface area contributed by atoms with Crippen molar-refractivity contribution in [3.63, 3.8) is 0 Å². The molecule has 0 aliphatic carbocycles. The first kappa shape index (κ1) is 29.6. The maximum atomic E-state index is 13.1. The van der Waals surface area contributed by atoms with Crippen LogP contribution in [0.25, 0.3) is 11.2 Å². The van der Waals surface area contributed by atoms with Gasteiger partial charge in [-0.3, -0.25) is 10.1 Å². The molecule has 0 saturated heterocycles. The standard InChI is InChI=1S/C29H30ClN7O3S/c1-16-6-7-17(12-19(16)30)34-24(14-23(31)29(2,3)4)36-28(39)35-20-9-8-18(13-22(20)41-5)40-21-10-11-32-27-26(21)33-15-25(38)37-27/h6-15H,31H2,1-5H3,(H,32,37,38)(H2,34,35,36,39)/b23-14-. The summed E-state index contributed by atoms with van der Waals surface area (Å²) >= 11 is 7.71. The average molecular weight is 592 g/mol. The lowest BCUT2D eigenvalue weighted by atomic mass is 9.92. The zero-order valence-corrected chi connectivity index (χ0v) is 24.8. The number of nitrogens with zero attached hydrogens (tertiary/aromatic N) is 3. The van der Waals surface area contributed by atoms with Gasteiger partial charge in [0.1, 0.15) is 17.1 Å². The number of thioether (sulfide) groups is 1. The van der Waals surface area contributed by atoms with Crippen LogP contribution < -0.4 is 26.7 Å². The third-order valence-electron chi connectivity index (χ3n) is 5.89. The normalized spacial score (nSPS) is 12.3. The Morgan fingerprint density at radius 2 is 1.95 bits per heavy atom. The number of hydrogen-bond acceptors (Lipinski definition) is 8. The molecular formula is C29H30ClN7O3S. The highest BCUT2D eigenvalue weighted by Crippen LogP contribution is 2.33. The van der Waals surface area contributed by atoms with E-state index in [2.05, 4.69) is 30.6 Å². The Balaban J connectivity index is 1.56. The van der Waals surface area contributed by atoms with Crippen molar-refractivity contribution in [3.8, 4) is 11.5 Å². The van der Waals surface area contributed by atoms with E-state index in [1.54, 1.807) is 36.4 Å². The number of aromatic amines is 1. The Kier molecular flexibility index (Phi) is 8.99. The van der Waals surface area contributed by atoms with Gasteiger partial charge in [0.15, 0.2) is 11.4 Å². The summed E-state index contributed by atoms with van der Waals surface area (Å²) in [7, 11) is 0. The second kappa shape index (κ2) is 12.4. The van der Waals surface area contributed by atoms with E-state index >= 15 is 0 Å². The number of urea groups is 1. The van der Waals surface area contributed by atoms with Crippen molar-refractivity contribution >= 4 is 57.8 Å². The van der Waals surface area contributed by atoms with Crippen LogP contribution in [0.15, 0.2) is 81.3 Å². The van der Waals surface area contributed by atoms with Crippen LogP contribution in [0.1, 0.15) is 26.3 Å². The van der Waals surface area contributed by atoms with Crippen LogP contribution in [0, 0.1) is 12.3 Å². The van der Waals surface area contributed by atoms with Crippen LogP contribution in [-0.4, -0.2) is 33.1 Å². The van der Waals surface area contributed by atoms with E-state index < -0.39 is 6.03 Å². The zero-order chi connectivity index (χ0) is 29.7. The van der Waals surface area contributed by atoms with Crippen molar-refractivity contribution in [2.75, 3.05) is 11.6 Å². The van der Waals surface area contributed by atoms with Gasteiger partial charge in [-0.15, -0.1) is 11.8 Å². The summed E-state index contributed by atoms with van der Waals surface area (Å²) in [5.74, 6) is 1.20. The third-order valence-corrected chi connectivity index (χ3v) is 7.08. The molecule has 0 radical (unpaired) electrons. The number of ether oxygens (including phenoxy) is 1. The fourth-order valence-corrected chi connectivity index (χ4v) is 4.24. The molecule has 0 spiro atoms. The van der Waals surface area contributed by atoms with Crippen LogP contribution in [0.5, 0.6) is 11.5 Å². The molecule has 0 unspecified atom stereocenters. The van der Waals surface area contributed by atoms with E-state index in [9.17, 15) is 9.59 Å². The van der Waals surface area contributed by atoms with Gasteiger partial charge in [-0.05, 0) is 49.1 Å². The van der Waals surface area contributed by atoms with Gasteiger partial charge in [-0.1, -0.05) is 38.4 Å². The first-order valence-corrected chi connectivity index (χ1v) is 14.1. The highest BCUT2D eigenvalue weighted by molar-refractivity contribution is 7.98. The van der Waals surface area contributed by atoms with Crippen molar-refractivity contribution < 1.29 is 9.53 Å². The fraction of sp³-hybridized carbons (Fsp3) is 0.207. The van der Waals surface area contributed by atoms with Gasteiger partial charge in [0.25, 0.3) is 5.56 Å². The molecule has 0 saturated carbocycles. The molecule has 212 valence electrons. The van der Waals surface area contributed by atoms with Crippen molar-refractivity contribution in [2.24, 2.45) is 16.1 Å². The predicted molar refractivity (Wildman–Crippen MR) is 166 cm³/mol.